The summed E-state index contributed by atoms with van der Waals surface area (Å²) in [6, 6.07) is 1.73. The lowest BCUT2D eigenvalue weighted by molar-refractivity contribution is 0.930. The molecule has 88 valence electrons. The Kier molecular flexibility index (Phi) is 3.10. The summed E-state index contributed by atoms with van der Waals surface area (Å²) in [5.74, 6) is 7.09. The molecule has 0 saturated carbocycles. The molecule has 0 spiro atoms. The average molecular weight is 231 g/mol. The van der Waals surface area contributed by atoms with Crippen LogP contribution < -0.4 is 11.0 Å². The summed E-state index contributed by atoms with van der Waals surface area (Å²) < 4.78 is 1.43. The number of hydrogen-bond acceptors (Lipinski definition) is 4. The van der Waals surface area contributed by atoms with Crippen molar-refractivity contribution in [3.63, 3.8) is 0 Å². The normalized spacial score (nSPS) is 10.0. The van der Waals surface area contributed by atoms with Crippen LogP contribution in [0.3, 0.4) is 0 Å². The summed E-state index contributed by atoms with van der Waals surface area (Å²) in [5, 5.41) is 9.43. The lowest BCUT2D eigenvalue weighted by Crippen LogP contribution is -2.14. The highest BCUT2D eigenvalue weighted by Crippen LogP contribution is 2.07. The van der Waals surface area contributed by atoms with Gasteiger partial charge >= 0.3 is 5.69 Å². The van der Waals surface area contributed by atoms with E-state index in [1.807, 2.05) is 6.92 Å². The van der Waals surface area contributed by atoms with Crippen LogP contribution in [0.1, 0.15) is 19.2 Å². The first-order chi connectivity index (χ1) is 8.22. The molecule has 0 radical (unpaired) electrons. The number of aromatic nitrogens is 4. The largest absolute Gasteiger partial charge is 0.369 e. The molecule has 0 aliphatic heterocycles. The van der Waals surface area contributed by atoms with Gasteiger partial charge in [0.15, 0.2) is 5.65 Å². The van der Waals surface area contributed by atoms with Gasteiger partial charge in [-0.25, -0.2) is 19.3 Å². The van der Waals surface area contributed by atoms with Crippen LogP contribution in [0.25, 0.3) is 5.65 Å². The second-order valence-electron chi connectivity index (χ2n) is 3.51. The lowest BCUT2D eigenvalue weighted by Gasteiger charge is -2.04. The molecular weight excluding hydrogens is 218 g/mol. The minimum Gasteiger partial charge on any atom is -0.369 e. The predicted molar refractivity (Wildman–Crippen MR) is 64.9 cm³/mol. The van der Waals surface area contributed by atoms with E-state index in [1.165, 1.54) is 4.40 Å². The Labute approximate surface area is 98.1 Å². The van der Waals surface area contributed by atoms with E-state index < -0.39 is 0 Å². The van der Waals surface area contributed by atoms with Crippen LogP contribution in [0.15, 0.2) is 10.9 Å². The standard InChI is InChI=1S/C11H13N5O/c1-3-4-5-6-12-9-7-10-14-15-11(17)16(10)8(2)13-9/h7,12H,5-6H2,1-2H3,(H,15,17). The van der Waals surface area contributed by atoms with E-state index in [0.717, 1.165) is 13.0 Å². The van der Waals surface area contributed by atoms with Crippen LogP contribution in [0.4, 0.5) is 5.82 Å². The van der Waals surface area contributed by atoms with Gasteiger partial charge in [-0.2, -0.15) is 5.10 Å². The number of rotatable bonds is 3. The van der Waals surface area contributed by atoms with Crippen molar-refractivity contribution >= 4 is 11.5 Å². The van der Waals surface area contributed by atoms with Crippen LogP contribution in [0, 0.1) is 18.8 Å². The van der Waals surface area contributed by atoms with Gasteiger partial charge in [-0.1, -0.05) is 0 Å². The Morgan fingerprint density at radius 3 is 3.18 bits per heavy atom. The van der Waals surface area contributed by atoms with Gasteiger partial charge < -0.3 is 5.32 Å². The van der Waals surface area contributed by atoms with Crippen molar-refractivity contribution in [1.82, 2.24) is 19.6 Å². The molecule has 0 atom stereocenters. The molecule has 2 aromatic heterocycles. The van der Waals surface area contributed by atoms with Crippen LogP contribution in [-0.4, -0.2) is 26.1 Å². The van der Waals surface area contributed by atoms with Gasteiger partial charge in [0, 0.05) is 19.0 Å². The van der Waals surface area contributed by atoms with Gasteiger partial charge in [-0.05, 0) is 13.8 Å². The summed E-state index contributed by atoms with van der Waals surface area (Å²) >= 11 is 0. The third kappa shape index (κ3) is 2.28. The third-order valence-electron chi connectivity index (χ3n) is 2.30. The second kappa shape index (κ2) is 4.70. The average Bonchev–Trinajstić information content (AvgIpc) is 2.67. The molecule has 2 aromatic rings. The molecule has 0 fully saturated rings. The molecule has 0 aromatic carbocycles. The first-order valence-electron chi connectivity index (χ1n) is 5.30. The van der Waals surface area contributed by atoms with E-state index >= 15 is 0 Å². The second-order valence-corrected chi connectivity index (χ2v) is 3.51. The number of aryl methyl sites for hydroxylation is 1. The van der Waals surface area contributed by atoms with Gasteiger partial charge in [0.1, 0.15) is 11.6 Å². The maximum Gasteiger partial charge on any atom is 0.349 e. The summed E-state index contributed by atoms with van der Waals surface area (Å²) in [6.07, 6.45) is 0.760. The molecular formula is C11H13N5O. The Morgan fingerprint density at radius 1 is 1.59 bits per heavy atom. The monoisotopic (exact) mass is 231 g/mol. The fraction of sp³-hybridized carbons (Fsp3) is 0.364. The van der Waals surface area contributed by atoms with Crippen LogP contribution in [0.5, 0.6) is 0 Å². The summed E-state index contributed by atoms with van der Waals surface area (Å²) in [5.41, 5.74) is 0.292. The van der Waals surface area contributed by atoms with Gasteiger partial charge in [-0.3, -0.25) is 0 Å². The summed E-state index contributed by atoms with van der Waals surface area (Å²) in [4.78, 5) is 15.7. The van der Waals surface area contributed by atoms with E-state index in [1.54, 1.807) is 13.0 Å². The lowest BCUT2D eigenvalue weighted by atomic mass is 10.4. The minimum absolute atomic E-state index is 0.270. The number of nitrogens with one attached hydrogen (secondary N) is 2. The van der Waals surface area contributed by atoms with Gasteiger partial charge in [0.25, 0.3) is 0 Å². The summed E-state index contributed by atoms with van der Waals surface area (Å²) in [7, 11) is 0. The Bertz CT molecular complexity index is 643. The van der Waals surface area contributed by atoms with Gasteiger partial charge in [0.05, 0.1) is 0 Å². The number of anilines is 1. The zero-order chi connectivity index (χ0) is 12.3. The molecule has 6 nitrogen and oxygen atoms in total. The topological polar surface area (TPSA) is 75.1 Å². The number of hydrogen-bond donors (Lipinski definition) is 2. The molecule has 0 aliphatic rings. The fourth-order valence-corrected chi connectivity index (χ4v) is 1.57. The molecule has 2 N–H and O–H groups in total. The minimum atomic E-state index is -0.270. The molecule has 0 bridgehead atoms. The fourth-order valence-electron chi connectivity index (χ4n) is 1.57. The highest BCUT2D eigenvalue weighted by Gasteiger charge is 2.05. The van der Waals surface area contributed by atoms with Crippen molar-refractivity contribution in [2.75, 3.05) is 11.9 Å². The quantitative estimate of drug-likeness (QED) is 0.597. The van der Waals surface area contributed by atoms with Crippen molar-refractivity contribution < 1.29 is 0 Å². The van der Waals surface area contributed by atoms with Crippen molar-refractivity contribution in [1.29, 1.82) is 0 Å². The first kappa shape index (κ1) is 11.2. The SMILES string of the molecule is CC#CCCNc1cc2n[nH]c(=O)n2c(C)n1. The third-order valence-corrected chi connectivity index (χ3v) is 2.30. The Morgan fingerprint density at radius 2 is 2.41 bits per heavy atom. The van der Waals surface area contributed by atoms with Crippen molar-refractivity contribution in [2.24, 2.45) is 0 Å². The van der Waals surface area contributed by atoms with E-state index in [2.05, 4.69) is 32.3 Å². The van der Waals surface area contributed by atoms with Crippen molar-refractivity contribution in [3.8, 4) is 11.8 Å². The molecule has 2 heterocycles. The Balaban J connectivity index is 2.24. The molecule has 2 rings (SSSR count). The molecule has 0 unspecified atom stereocenters. The van der Waals surface area contributed by atoms with Crippen molar-refractivity contribution in [3.05, 3.63) is 22.4 Å². The van der Waals surface area contributed by atoms with E-state index in [0.29, 0.717) is 17.3 Å². The first-order valence-corrected chi connectivity index (χ1v) is 5.30. The van der Waals surface area contributed by atoms with E-state index in [4.69, 9.17) is 0 Å². The number of aromatic amines is 1. The molecule has 17 heavy (non-hydrogen) atoms. The maximum atomic E-state index is 11.4. The molecule has 0 amide bonds. The van der Waals surface area contributed by atoms with Gasteiger partial charge in [-0.15, -0.1) is 11.8 Å². The Hall–Kier alpha value is -2.29. The number of H-pyrrole nitrogens is 1. The van der Waals surface area contributed by atoms with Crippen LogP contribution in [-0.2, 0) is 0 Å². The predicted octanol–water partition coefficient (Wildman–Crippen LogP) is 0.551. The summed E-state index contributed by atoms with van der Waals surface area (Å²) in [6.45, 7) is 4.30. The molecule has 0 saturated heterocycles. The van der Waals surface area contributed by atoms with E-state index in [9.17, 15) is 4.79 Å². The van der Waals surface area contributed by atoms with Crippen LogP contribution >= 0.6 is 0 Å². The van der Waals surface area contributed by atoms with Crippen molar-refractivity contribution in [2.45, 2.75) is 20.3 Å². The molecule has 0 aliphatic carbocycles. The number of fused-ring (bicyclic) bond motifs is 1. The number of nitrogens with zero attached hydrogens (tertiary/aromatic N) is 3. The molecule has 6 heteroatoms. The van der Waals surface area contributed by atoms with E-state index in [-0.39, 0.29) is 5.69 Å². The van der Waals surface area contributed by atoms with Gasteiger partial charge in [0.2, 0.25) is 0 Å². The van der Waals surface area contributed by atoms with Crippen LogP contribution in [0.2, 0.25) is 0 Å². The zero-order valence-electron chi connectivity index (χ0n) is 9.74. The zero-order valence-corrected chi connectivity index (χ0v) is 9.74. The smallest absolute Gasteiger partial charge is 0.349 e. The maximum absolute atomic E-state index is 11.4. The highest BCUT2D eigenvalue weighted by molar-refractivity contribution is 5.49. The highest BCUT2D eigenvalue weighted by atomic mass is 16.1.